The van der Waals surface area contributed by atoms with Gasteiger partial charge in [0.05, 0.1) is 5.56 Å². The van der Waals surface area contributed by atoms with Crippen LogP contribution in [0.2, 0.25) is 0 Å². The van der Waals surface area contributed by atoms with Crippen LogP contribution in [0.5, 0.6) is 0 Å². The van der Waals surface area contributed by atoms with Gasteiger partial charge in [0, 0.05) is 23.7 Å². The molecule has 0 amide bonds. The van der Waals surface area contributed by atoms with E-state index in [1.54, 1.807) is 6.92 Å². The van der Waals surface area contributed by atoms with Crippen LogP contribution in [0.4, 0.5) is 17.6 Å². The maximum absolute atomic E-state index is 13.7. The highest BCUT2D eigenvalue weighted by molar-refractivity contribution is 5.66. The highest BCUT2D eigenvalue weighted by atomic mass is 19.1. The van der Waals surface area contributed by atoms with Gasteiger partial charge in [-0.2, -0.15) is 0 Å². The summed E-state index contributed by atoms with van der Waals surface area (Å²) in [4.78, 5) is 0. The van der Waals surface area contributed by atoms with Crippen LogP contribution in [0.3, 0.4) is 0 Å². The highest BCUT2D eigenvalue weighted by Gasteiger charge is 2.18. The molecule has 19 heavy (non-hydrogen) atoms. The molecule has 0 saturated carbocycles. The van der Waals surface area contributed by atoms with E-state index < -0.39 is 34.9 Å². The fourth-order valence-corrected chi connectivity index (χ4v) is 1.82. The van der Waals surface area contributed by atoms with Crippen molar-refractivity contribution in [1.29, 1.82) is 0 Å². The van der Waals surface area contributed by atoms with E-state index >= 15 is 0 Å². The van der Waals surface area contributed by atoms with Crippen LogP contribution >= 0.6 is 0 Å². The largest absolute Gasteiger partial charge is 0.324 e. The molecule has 1 atom stereocenters. The molecule has 100 valence electrons. The Balaban J connectivity index is 2.68. The number of rotatable bonds is 2. The van der Waals surface area contributed by atoms with Crippen LogP contribution in [0.1, 0.15) is 18.5 Å². The molecule has 1 nitrogen and oxygen atoms in total. The zero-order valence-corrected chi connectivity index (χ0v) is 10.1. The average molecular weight is 269 g/mol. The third kappa shape index (κ3) is 2.61. The van der Waals surface area contributed by atoms with Crippen molar-refractivity contribution < 1.29 is 17.6 Å². The second-order valence-electron chi connectivity index (χ2n) is 4.27. The number of halogens is 4. The molecule has 1 unspecified atom stereocenters. The van der Waals surface area contributed by atoms with Gasteiger partial charge in [0.15, 0.2) is 0 Å². The van der Waals surface area contributed by atoms with Gasteiger partial charge in [-0.15, -0.1) is 0 Å². The van der Waals surface area contributed by atoms with Crippen LogP contribution in [0.25, 0.3) is 11.1 Å². The normalized spacial score (nSPS) is 12.5. The molecular formula is C14H11F4N. The predicted octanol–water partition coefficient (Wildman–Crippen LogP) is 3.93. The molecule has 0 radical (unpaired) electrons. The minimum Gasteiger partial charge on any atom is -0.324 e. The smallest absolute Gasteiger partial charge is 0.136 e. The maximum Gasteiger partial charge on any atom is 0.136 e. The van der Waals surface area contributed by atoms with Gasteiger partial charge in [0.2, 0.25) is 0 Å². The molecule has 0 heterocycles. The summed E-state index contributed by atoms with van der Waals surface area (Å²) in [6.45, 7) is 1.66. The van der Waals surface area contributed by atoms with Crippen LogP contribution in [0, 0.1) is 23.3 Å². The van der Waals surface area contributed by atoms with Crippen LogP contribution < -0.4 is 5.73 Å². The summed E-state index contributed by atoms with van der Waals surface area (Å²) in [5, 5.41) is 0. The molecule has 0 spiro atoms. The third-order valence-electron chi connectivity index (χ3n) is 2.79. The summed E-state index contributed by atoms with van der Waals surface area (Å²) in [6, 6.07) is 4.39. The first-order valence-corrected chi connectivity index (χ1v) is 5.60. The van der Waals surface area contributed by atoms with Crippen molar-refractivity contribution >= 4 is 0 Å². The summed E-state index contributed by atoms with van der Waals surface area (Å²) in [6.07, 6.45) is 0. The average Bonchev–Trinajstić information content (AvgIpc) is 2.29. The van der Waals surface area contributed by atoms with Crippen molar-refractivity contribution in [3.63, 3.8) is 0 Å². The van der Waals surface area contributed by atoms with Gasteiger partial charge in [0.25, 0.3) is 0 Å². The summed E-state index contributed by atoms with van der Waals surface area (Å²) >= 11 is 0. The zero-order valence-electron chi connectivity index (χ0n) is 10.1. The Morgan fingerprint density at radius 3 is 2.00 bits per heavy atom. The van der Waals surface area contributed by atoms with Crippen molar-refractivity contribution in [2.24, 2.45) is 5.73 Å². The molecular weight excluding hydrogens is 258 g/mol. The standard InChI is InChI=1S/C14H11F4N/c1-7(19)8-2-3-11(16)10(4-8)14-12(17)5-9(15)6-13(14)18/h2-7H,19H2,1H3. The molecule has 0 aliphatic heterocycles. The van der Waals surface area contributed by atoms with Crippen molar-refractivity contribution in [2.45, 2.75) is 13.0 Å². The van der Waals surface area contributed by atoms with E-state index in [2.05, 4.69) is 0 Å². The minimum atomic E-state index is -1.15. The molecule has 5 heteroatoms. The lowest BCUT2D eigenvalue weighted by Gasteiger charge is -2.11. The summed E-state index contributed by atoms with van der Waals surface area (Å²) < 4.78 is 53.8. The van der Waals surface area contributed by atoms with Crippen LogP contribution in [0.15, 0.2) is 30.3 Å². The molecule has 0 fully saturated rings. The van der Waals surface area contributed by atoms with Crippen molar-refractivity contribution in [3.05, 3.63) is 59.2 Å². The third-order valence-corrected chi connectivity index (χ3v) is 2.79. The fraction of sp³-hybridized carbons (Fsp3) is 0.143. The topological polar surface area (TPSA) is 26.0 Å². The number of nitrogens with two attached hydrogens (primary N) is 1. The second-order valence-corrected chi connectivity index (χ2v) is 4.27. The van der Waals surface area contributed by atoms with Crippen molar-refractivity contribution in [1.82, 2.24) is 0 Å². The molecule has 0 aliphatic carbocycles. The van der Waals surface area contributed by atoms with E-state index in [0.29, 0.717) is 17.7 Å². The monoisotopic (exact) mass is 269 g/mol. The van der Waals surface area contributed by atoms with Gasteiger partial charge >= 0.3 is 0 Å². The molecule has 0 aliphatic rings. The Labute approximate surface area is 107 Å². The first-order valence-electron chi connectivity index (χ1n) is 5.60. The van der Waals surface area contributed by atoms with Gasteiger partial charge in [0.1, 0.15) is 23.3 Å². The van der Waals surface area contributed by atoms with Gasteiger partial charge in [-0.25, -0.2) is 17.6 Å². The van der Waals surface area contributed by atoms with Crippen molar-refractivity contribution in [2.75, 3.05) is 0 Å². The van der Waals surface area contributed by atoms with E-state index in [-0.39, 0.29) is 5.56 Å². The first kappa shape index (κ1) is 13.5. The molecule has 2 N–H and O–H groups in total. The lowest BCUT2D eigenvalue weighted by Crippen LogP contribution is -2.06. The first-order chi connectivity index (χ1) is 8.90. The van der Waals surface area contributed by atoms with E-state index in [1.807, 2.05) is 0 Å². The Bertz CT molecular complexity index is 600. The Morgan fingerprint density at radius 2 is 1.47 bits per heavy atom. The van der Waals surface area contributed by atoms with Crippen LogP contribution in [-0.4, -0.2) is 0 Å². The lowest BCUT2D eigenvalue weighted by atomic mass is 9.99. The van der Waals surface area contributed by atoms with Gasteiger partial charge in [-0.05, 0) is 24.6 Å². The molecule has 0 bridgehead atoms. The quantitative estimate of drug-likeness (QED) is 0.821. The predicted molar refractivity (Wildman–Crippen MR) is 64.3 cm³/mol. The molecule has 0 aromatic heterocycles. The molecule has 2 rings (SSSR count). The molecule has 2 aromatic rings. The summed E-state index contributed by atoms with van der Waals surface area (Å²) in [5.74, 6) is -4.16. The van der Waals surface area contributed by atoms with Crippen molar-refractivity contribution in [3.8, 4) is 11.1 Å². The molecule has 2 aromatic carbocycles. The van der Waals surface area contributed by atoms with E-state index in [9.17, 15) is 17.6 Å². The highest BCUT2D eigenvalue weighted by Crippen LogP contribution is 2.30. The number of hydrogen-bond acceptors (Lipinski definition) is 1. The van der Waals surface area contributed by atoms with E-state index in [0.717, 1.165) is 6.07 Å². The number of hydrogen-bond donors (Lipinski definition) is 1. The van der Waals surface area contributed by atoms with Crippen LogP contribution in [-0.2, 0) is 0 Å². The zero-order chi connectivity index (χ0) is 14.2. The van der Waals surface area contributed by atoms with Gasteiger partial charge in [-0.3, -0.25) is 0 Å². The van der Waals surface area contributed by atoms with Gasteiger partial charge in [-0.1, -0.05) is 6.07 Å². The van der Waals surface area contributed by atoms with E-state index in [1.165, 1.54) is 12.1 Å². The Hall–Kier alpha value is -1.88. The van der Waals surface area contributed by atoms with E-state index in [4.69, 9.17) is 5.73 Å². The Kier molecular flexibility index (Phi) is 3.57. The Morgan fingerprint density at radius 1 is 0.895 bits per heavy atom. The number of benzene rings is 2. The minimum absolute atomic E-state index is 0.273. The SMILES string of the molecule is CC(N)c1ccc(F)c(-c2c(F)cc(F)cc2F)c1. The summed E-state index contributed by atoms with van der Waals surface area (Å²) in [5.41, 5.74) is 5.30. The summed E-state index contributed by atoms with van der Waals surface area (Å²) in [7, 11) is 0. The maximum atomic E-state index is 13.7. The molecule has 0 saturated heterocycles. The van der Waals surface area contributed by atoms with Gasteiger partial charge < -0.3 is 5.73 Å². The second kappa shape index (κ2) is 5.01. The fourth-order valence-electron chi connectivity index (χ4n) is 1.82. The lowest BCUT2D eigenvalue weighted by molar-refractivity contribution is 0.545.